The molecular weight excluding hydrogens is 280 g/mol. The van der Waals surface area contributed by atoms with Crippen molar-refractivity contribution in [1.82, 2.24) is 10.2 Å². The van der Waals surface area contributed by atoms with Gasteiger partial charge in [0.05, 0.1) is 19.8 Å². The summed E-state index contributed by atoms with van der Waals surface area (Å²) in [7, 11) is 1.63. The average Bonchev–Trinajstić information content (AvgIpc) is 2.53. The number of aliphatic hydroxyl groups excluding tert-OH is 1. The number of likely N-dealkylation sites (tertiary alicyclic amines) is 1. The van der Waals surface area contributed by atoms with E-state index >= 15 is 0 Å². The van der Waals surface area contributed by atoms with Gasteiger partial charge in [-0.05, 0) is 44.0 Å². The Labute approximate surface area is 132 Å². The van der Waals surface area contributed by atoms with Gasteiger partial charge >= 0.3 is 0 Å². The zero-order valence-corrected chi connectivity index (χ0v) is 13.4. The SMILES string of the molecule is COc1cccc(CNC(=O)CN2CCCCC2C(C)O)c1. The van der Waals surface area contributed by atoms with E-state index in [0.29, 0.717) is 13.1 Å². The van der Waals surface area contributed by atoms with Crippen LogP contribution in [0.3, 0.4) is 0 Å². The minimum Gasteiger partial charge on any atom is -0.497 e. The molecule has 5 heteroatoms. The van der Waals surface area contributed by atoms with Crippen molar-refractivity contribution in [2.45, 2.75) is 44.9 Å². The highest BCUT2D eigenvalue weighted by Gasteiger charge is 2.27. The smallest absolute Gasteiger partial charge is 0.234 e. The van der Waals surface area contributed by atoms with Crippen LogP contribution in [0, 0.1) is 0 Å². The number of hydrogen-bond acceptors (Lipinski definition) is 4. The lowest BCUT2D eigenvalue weighted by atomic mass is 9.98. The molecule has 122 valence electrons. The van der Waals surface area contributed by atoms with Crippen LogP contribution in [0.15, 0.2) is 24.3 Å². The van der Waals surface area contributed by atoms with Crippen LogP contribution in [-0.4, -0.2) is 48.3 Å². The number of hydrogen-bond donors (Lipinski definition) is 2. The van der Waals surface area contributed by atoms with Crippen LogP contribution in [-0.2, 0) is 11.3 Å². The van der Waals surface area contributed by atoms with Crippen molar-refractivity contribution in [2.75, 3.05) is 20.2 Å². The zero-order valence-electron chi connectivity index (χ0n) is 13.4. The molecule has 0 aromatic heterocycles. The van der Waals surface area contributed by atoms with Crippen LogP contribution in [0.2, 0.25) is 0 Å². The largest absolute Gasteiger partial charge is 0.497 e. The van der Waals surface area contributed by atoms with Crippen molar-refractivity contribution in [3.63, 3.8) is 0 Å². The van der Waals surface area contributed by atoms with Gasteiger partial charge in [0.25, 0.3) is 0 Å². The Morgan fingerprint density at radius 3 is 3.05 bits per heavy atom. The highest BCUT2D eigenvalue weighted by Crippen LogP contribution is 2.19. The van der Waals surface area contributed by atoms with E-state index in [9.17, 15) is 9.90 Å². The number of nitrogens with zero attached hydrogens (tertiary/aromatic N) is 1. The first-order chi connectivity index (χ1) is 10.6. The van der Waals surface area contributed by atoms with Crippen LogP contribution >= 0.6 is 0 Å². The van der Waals surface area contributed by atoms with Crippen LogP contribution in [0.5, 0.6) is 5.75 Å². The minimum atomic E-state index is -0.397. The lowest BCUT2D eigenvalue weighted by Crippen LogP contribution is -2.49. The summed E-state index contributed by atoms with van der Waals surface area (Å²) in [6.45, 7) is 3.52. The molecule has 1 fully saturated rings. The molecule has 1 saturated heterocycles. The normalized spacial score (nSPS) is 20.4. The lowest BCUT2D eigenvalue weighted by molar-refractivity contribution is -0.124. The molecular formula is C17H26N2O3. The summed E-state index contributed by atoms with van der Waals surface area (Å²) >= 11 is 0. The van der Waals surface area contributed by atoms with E-state index in [2.05, 4.69) is 10.2 Å². The maximum Gasteiger partial charge on any atom is 0.234 e. The number of carbonyl (C=O) groups is 1. The van der Waals surface area contributed by atoms with Gasteiger partial charge in [0, 0.05) is 12.6 Å². The molecule has 0 saturated carbocycles. The van der Waals surface area contributed by atoms with Crippen molar-refractivity contribution in [3.05, 3.63) is 29.8 Å². The van der Waals surface area contributed by atoms with Crippen molar-refractivity contribution in [1.29, 1.82) is 0 Å². The summed E-state index contributed by atoms with van der Waals surface area (Å²) in [6.07, 6.45) is 2.77. The van der Waals surface area contributed by atoms with Gasteiger partial charge in [0.15, 0.2) is 0 Å². The van der Waals surface area contributed by atoms with E-state index in [4.69, 9.17) is 4.74 Å². The first-order valence-corrected chi connectivity index (χ1v) is 7.92. The summed E-state index contributed by atoms with van der Waals surface area (Å²) in [5.74, 6) is 0.785. The molecule has 2 rings (SSSR count). The monoisotopic (exact) mass is 306 g/mol. The van der Waals surface area contributed by atoms with Crippen molar-refractivity contribution in [2.24, 2.45) is 0 Å². The Balaban J connectivity index is 1.84. The topological polar surface area (TPSA) is 61.8 Å². The van der Waals surface area contributed by atoms with Gasteiger partial charge in [-0.15, -0.1) is 0 Å². The number of nitrogens with one attached hydrogen (secondary N) is 1. The summed E-state index contributed by atoms with van der Waals surface area (Å²) in [4.78, 5) is 14.2. The predicted molar refractivity (Wildman–Crippen MR) is 85.7 cm³/mol. The van der Waals surface area contributed by atoms with Gasteiger partial charge in [-0.2, -0.15) is 0 Å². The van der Waals surface area contributed by atoms with E-state index in [0.717, 1.165) is 37.1 Å². The molecule has 2 unspecified atom stereocenters. The molecule has 1 aromatic carbocycles. The highest BCUT2D eigenvalue weighted by molar-refractivity contribution is 5.78. The minimum absolute atomic E-state index is 0.00429. The van der Waals surface area contributed by atoms with Crippen molar-refractivity contribution < 1.29 is 14.6 Å². The molecule has 1 aliphatic rings. The number of carbonyl (C=O) groups excluding carboxylic acids is 1. The highest BCUT2D eigenvalue weighted by atomic mass is 16.5. The number of benzene rings is 1. The lowest BCUT2D eigenvalue weighted by Gasteiger charge is -2.36. The quantitative estimate of drug-likeness (QED) is 0.837. The molecule has 1 amide bonds. The fraction of sp³-hybridized carbons (Fsp3) is 0.588. The van der Waals surface area contributed by atoms with E-state index in [1.165, 1.54) is 0 Å². The molecule has 0 spiro atoms. The van der Waals surface area contributed by atoms with Crippen molar-refractivity contribution >= 4 is 5.91 Å². The first kappa shape index (κ1) is 16.8. The third-order valence-corrected chi connectivity index (χ3v) is 4.19. The molecule has 1 aromatic rings. The van der Waals surface area contributed by atoms with E-state index in [-0.39, 0.29) is 11.9 Å². The molecule has 0 radical (unpaired) electrons. The fourth-order valence-corrected chi connectivity index (χ4v) is 2.98. The predicted octanol–water partition coefficient (Wildman–Crippen LogP) is 1.55. The summed E-state index contributed by atoms with van der Waals surface area (Å²) in [6, 6.07) is 7.76. The average molecular weight is 306 g/mol. The molecule has 22 heavy (non-hydrogen) atoms. The van der Waals surface area contributed by atoms with Gasteiger partial charge in [-0.1, -0.05) is 18.6 Å². The number of methoxy groups -OCH3 is 1. The Morgan fingerprint density at radius 1 is 1.50 bits per heavy atom. The molecule has 1 aliphatic heterocycles. The Morgan fingerprint density at radius 2 is 2.32 bits per heavy atom. The van der Waals surface area contributed by atoms with Gasteiger partial charge < -0.3 is 15.2 Å². The molecule has 1 heterocycles. The van der Waals surface area contributed by atoms with Crippen LogP contribution < -0.4 is 10.1 Å². The molecule has 2 N–H and O–H groups in total. The second-order valence-electron chi connectivity index (χ2n) is 5.90. The van der Waals surface area contributed by atoms with E-state index in [1.807, 2.05) is 24.3 Å². The van der Waals surface area contributed by atoms with Gasteiger partial charge in [0.1, 0.15) is 5.75 Å². The molecule has 5 nitrogen and oxygen atoms in total. The first-order valence-electron chi connectivity index (χ1n) is 7.92. The zero-order chi connectivity index (χ0) is 15.9. The van der Waals surface area contributed by atoms with Crippen LogP contribution in [0.1, 0.15) is 31.7 Å². The maximum absolute atomic E-state index is 12.1. The number of piperidine rings is 1. The second kappa shape index (κ2) is 8.15. The van der Waals surface area contributed by atoms with E-state index in [1.54, 1.807) is 14.0 Å². The standard InChI is InChI=1S/C17H26N2O3/c1-13(20)16-8-3-4-9-19(16)12-17(21)18-11-14-6-5-7-15(10-14)22-2/h5-7,10,13,16,20H,3-4,8-9,11-12H2,1-2H3,(H,18,21). The molecule has 0 aliphatic carbocycles. The number of aliphatic hydroxyl groups is 1. The number of ether oxygens (including phenoxy) is 1. The Bertz CT molecular complexity index is 491. The molecule has 2 atom stereocenters. The number of amides is 1. The van der Waals surface area contributed by atoms with Crippen LogP contribution in [0.4, 0.5) is 0 Å². The Kier molecular flexibility index (Phi) is 6.21. The maximum atomic E-state index is 12.1. The van der Waals surface area contributed by atoms with Crippen LogP contribution in [0.25, 0.3) is 0 Å². The van der Waals surface area contributed by atoms with Crippen molar-refractivity contribution in [3.8, 4) is 5.75 Å². The third-order valence-electron chi connectivity index (χ3n) is 4.19. The van der Waals surface area contributed by atoms with E-state index < -0.39 is 6.10 Å². The van der Waals surface area contributed by atoms with Gasteiger partial charge in [-0.25, -0.2) is 0 Å². The van der Waals surface area contributed by atoms with Gasteiger partial charge in [-0.3, -0.25) is 9.69 Å². The summed E-state index contributed by atoms with van der Waals surface area (Å²) in [5, 5.41) is 12.8. The summed E-state index contributed by atoms with van der Waals surface area (Å²) < 4.78 is 5.17. The molecule has 0 bridgehead atoms. The number of rotatable bonds is 6. The fourth-order valence-electron chi connectivity index (χ4n) is 2.98. The summed E-state index contributed by atoms with van der Waals surface area (Å²) in [5.41, 5.74) is 1.01. The second-order valence-corrected chi connectivity index (χ2v) is 5.90. The van der Waals surface area contributed by atoms with Gasteiger partial charge in [0.2, 0.25) is 5.91 Å². The third kappa shape index (κ3) is 4.71. The Hall–Kier alpha value is -1.59.